The molecule has 0 aliphatic heterocycles. The SMILES string of the molecule is COc1ccc(CCNC(C)=O)cc1CC(O)=C(N=Nc1ccc([N+](=O)[O-])cc1OC)C(C)=O. The Kier molecular flexibility index (Phi) is 9.24. The van der Waals surface area contributed by atoms with Crippen molar-refractivity contribution < 1.29 is 29.1 Å². The number of ketones is 1. The van der Waals surface area contributed by atoms with Crippen LogP contribution in [0.25, 0.3) is 0 Å². The number of hydrogen-bond acceptors (Lipinski definition) is 9. The zero-order valence-electron chi connectivity index (χ0n) is 19.3. The molecule has 0 spiro atoms. The molecule has 34 heavy (non-hydrogen) atoms. The summed E-state index contributed by atoms with van der Waals surface area (Å²) in [6.07, 6.45) is 0.517. The average molecular weight is 470 g/mol. The summed E-state index contributed by atoms with van der Waals surface area (Å²) in [6, 6.07) is 9.13. The third-order valence-corrected chi connectivity index (χ3v) is 4.73. The van der Waals surface area contributed by atoms with Gasteiger partial charge in [0, 0.05) is 38.4 Å². The number of nitrogens with one attached hydrogen (secondary N) is 1. The highest BCUT2D eigenvalue weighted by molar-refractivity contribution is 5.93. The molecule has 0 saturated carbocycles. The number of allylic oxidation sites excluding steroid dienone is 2. The molecule has 0 aromatic heterocycles. The van der Waals surface area contributed by atoms with Gasteiger partial charge in [-0.3, -0.25) is 19.7 Å². The van der Waals surface area contributed by atoms with Gasteiger partial charge in [-0.25, -0.2) is 0 Å². The summed E-state index contributed by atoms with van der Waals surface area (Å²) in [5.74, 6) is -0.381. The van der Waals surface area contributed by atoms with E-state index in [0.717, 1.165) is 5.56 Å². The van der Waals surface area contributed by atoms with E-state index >= 15 is 0 Å². The second-order valence-electron chi connectivity index (χ2n) is 7.22. The van der Waals surface area contributed by atoms with Crippen LogP contribution in [0.3, 0.4) is 0 Å². The van der Waals surface area contributed by atoms with Crippen LogP contribution in [0.4, 0.5) is 11.4 Å². The van der Waals surface area contributed by atoms with E-state index in [0.29, 0.717) is 24.3 Å². The summed E-state index contributed by atoms with van der Waals surface area (Å²) < 4.78 is 10.5. The fraction of sp³-hybridized carbons (Fsp3) is 0.304. The maximum Gasteiger partial charge on any atom is 0.273 e. The molecule has 1 amide bonds. The minimum absolute atomic E-state index is 0.0531. The molecule has 2 aromatic carbocycles. The number of aliphatic hydroxyl groups excluding tert-OH is 1. The van der Waals surface area contributed by atoms with Crippen molar-refractivity contribution in [3.63, 3.8) is 0 Å². The second kappa shape index (κ2) is 12.1. The Bertz CT molecular complexity index is 1140. The predicted octanol–water partition coefficient (Wildman–Crippen LogP) is 3.98. The quantitative estimate of drug-likeness (QED) is 0.166. The molecule has 0 atom stereocenters. The van der Waals surface area contributed by atoms with Crippen molar-refractivity contribution in [3.05, 3.63) is 69.1 Å². The third kappa shape index (κ3) is 7.12. The van der Waals surface area contributed by atoms with Gasteiger partial charge in [-0.1, -0.05) is 12.1 Å². The lowest BCUT2D eigenvalue weighted by molar-refractivity contribution is -0.384. The van der Waals surface area contributed by atoms with Crippen molar-refractivity contribution >= 4 is 23.1 Å². The molecule has 0 aliphatic carbocycles. The van der Waals surface area contributed by atoms with E-state index in [1.165, 1.54) is 46.3 Å². The molecule has 0 radical (unpaired) electrons. The highest BCUT2D eigenvalue weighted by Gasteiger charge is 2.16. The van der Waals surface area contributed by atoms with Gasteiger partial charge in [0.05, 0.1) is 25.2 Å². The van der Waals surface area contributed by atoms with Gasteiger partial charge in [-0.05, 0) is 24.1 Å². The maximum atomic E-state index is 12.2. The minimum atomic E-state index is -0.576. The predicted molar refractivity (Wildman–Crippen MR) is 124 cm³/mol. The monoisotopic (exact) mass is 470 g/mol. The molecule has 2 rings (SSSR count). The third-order valence-electron chi connectivity index (χ3n) is 4.73. The summed E-state index contributed by atoms with van der Waals surface area (Å²) >= 11 is 0. The van der Waals surface area contributed by atoms with Gasteiger partial charge in [0.25, 0.3) is 5.69 Å². The number of amides is 1. The Balaban J connectivity index is 2.35. The molecule has 11 heteroatoms. The number of nitro benzene ring substituents is 1. The number of nitro groups is 1. The molecule has 2 aromatic rings. The number of methoxy groups -OCH3 is 2. The van der Waals surface area contributed by atoms with Gasteiger partial charge in [-0.15, -0.1) is 10.2 Å². The lowest BCUT2D eigenvalue weighted by atomic mass is 10.0. The Morgan fingerprint density at radius 1 is 1.09 bits per heavy atom. The minimum Gasteiger partial charge on any atom is -0.509 e. The number of hydrogen-bond donors (Lipinski definition) is 2. The Hall–Kier alpha value is -4.28. The van der Waals surface area contributed by atoms with Gasteiger partial charge in [0.15, 0.2) is 17.2 Å². The Morgan fingerprint density at radius 3 is 2.38 bits per heavy atom. The van der Waals surface area contributed by atoms with Gasteiger partial charge >= 0.3 is 0 Å². The number of aliphatic hydroxyl groups is 1. The van der Waals surface area contributed by atoms with Gasteiger partial charge < -0.3 is 19.9 Å². The van der Waals surface area contributed by atoms with Crippen LogP contribution in [0.1, 0.15) is 25.0 Å². The number of benzene rings is 2. The van der Waals surface area contributed by atoms with Crippen LogP contribution in [0.5, 0.6) is 11.5 Å². The molecular formula is C23H26N4O7. The first-order valence-corrected chi connectivity index (χ1v) is 10.2. The van der Waals surface area contributed by atoms with Crippen LogP contribution in [0.15, 0.2) is 58.1 Å². The number of nitrogens with zero attached hydrogens (tertiary/aromatic N) is 3. The van der Waals surface area contributed by atoms with E-state index in [2.05, 4.69) is 15.5 Å². The number of azo groups is 1. The van der Waals surface area contributed by atoms with E-state index in [-0.39, 0.29) is 40.9 Å². The molecule has 0 saturated heterocycles. The lowest BCUT2D eigenvalue weighted by Gasteiger charge is -2.12. The van der Waals surface area contributed by atoms with Crippen molar-refractivity contribution in [2.24, 2.45) is 10.2 Å². The summed E-state index contributed by atoms with van der Waals surface area (Å²) in [5, 5.41) is 32.2. The van der Waals surface area contributed by atoms with E-state index < -0.39 is 10.7 Å². The normalized spacial score (nSPS) is 11.6. The first-order chi connectivity index (χ1) is 16.2. The zero-order chi connectivity index (χ0) is 25.3. The number of carbonyl (C=O) groups excluding carboxylic acids is 2. The first kappa shape index (κ1) is 26.0. The molecule has 0 bridgehead atoms. The van der Waals surface area contributed by atoms with Crippen LogP contribution in [-0.4, -0.2) is 42.5 Å². The van der Waals surface area contributed by atoms with Crippen molar-refractivity contribution in [2.45, 2.75) is 26.7 Å². The topological polar surface area (TPSA) is 153 Å². The summed E-state index contributed by atoms with van der Waals surface area (Å²) in [5.41, 5.74) is 1.20. The highest BCUT2D eigenvalue weighted by Crippen LogP contribution is 2.32. The molecule has 0 unspecified atom stereocenters. The number of ether oxygens (including phenoxy) is 2. The largest absolute Gasteiger partial charge is 0.509 e. The van der Waals surface area contributed by atoms with Gasteiger partial charge in [0.1, 0.15) is 17.2 Å². The Morgan fingerprint density at radius 2 is 1.79 bits per heavy atom. The molecule has 11 nitrogen and oxygen atoms in total. The fourth-order valence-electron chi connectivity index (χ4n) is 3.07. The Labute approximate surface area is 196 Å². The molecule has 180 valence electrons. The van der Waals surface area contributed by atoms with E-state index in [1.807, 2.05) is 12.1 Å². The zero-order valence-corrected chi connectivity index (χ0v) is 19.3. The van der Waals surface area contributed by atoms with Crippen LogP contribution in [0.2, 0.25) is 0 Å². The lowest BCUT2D eigenvalue weighted by Crippen LogP contribution is -2.22. The van der Waals surface area contributed by atoms with Crippen LogP contribution < -0.4 is 14.8 Å². The number of non-ortho nitro benzene ring substituents is 1. The average Bonchev–Trinajstić information content (AvgIpc) is 2.78. The maximum absolute atomic E-state index is 12.2. The van der Waals surface area contributed by atoms with E-state index in [9.17, 15) is 24.8 Å². The number of carbonyl (C=O) groups is 2. The molecule has 2 N–H and O–H groups in total. The van der Waals surface area contributed by atoms with E-state index in [4.69, 9.17) is 9.47 Å². The number of rotatable bonds is 11. The molecular weight excluding hydrogens is 444 g/mol. The number of Topliss-reactive ketones (excluding diaryl/α,β-unsaturated/α-hetero) is 1. The van der Waals surface area contributed by atoms with Crippen LogP contribution >= 0.6 is 0 Å². The summed E-state index contributed by atoms with van der Waals surface area (Å²) in [7, 11) is 2.81. The smallest absolute Gasteiger partial charge is 0.273 e. The summed E-state index contributed by atoms with van der Waals surface area (Å²) in [6.45, 7) is 3.12. The van der Waals surface area contributed by atoms with E-state index in [1.54, 1.807) is 6.07 Å². The van der Waals surface area contributed by atoms with Crippen molar-refractivity contribution in [2.75, 3.05) is 20.8 Å². The fourth-order valence-corrected chi connectivity index (χ4v) is 3.07. The first-order valence-electron chi connectivity index (χ1n) is 10.2. The summed E-state index contributed by atoms with van der Waals surface area (Å²) in [4.78, 5) is 33.6. The highest BCUT2D eigenvalue weighted by atomic mass is 16.6. The van der Waals surface area contributed by atoms with Crippen LogP contribution in [-0.2, 0) is 22.4 Å². The van der Waals surface area contributed by atoms with Gasteiger partial charge in [-0.2, -0.15) is 0 Å². The van der Waals surface area contributed by atoms with Crippen molar-refractivity contribution in [3.8, 4) is 11.5 Å². The van der Waals surface area contributed by atoms with Gasteiger partial charge in [0.2, 0.25) is 5.91 Å². The molecule has 0 fully saturated rings. The van der Waals surface area contributed by atoms with Crippen LogP contribution in [0, 0.1) is 10.1 Å². The standard InChI is InChI=1S/C23H26N4O7/c1-14(28)23(26-25-19-7-6-18(27(31)32)13-22(19)34-4)20(30)12-17-11-16(5-8-21(17)33-3)9-10-24-15(2)29/h5-8,11,13,30H,9-10,12H2,1-4H3,(H,24,29). The molecule has 0 heterocycles. The van der Waals surface area contributed by atoms with Crippen molar-refractivity contribution in [1.82, 2.24) is 5.32 Å². The second-order valence-corrected chi connectivity index (χ2v) is 7.22. The van der Waals surface area contributed by atoms with Crippen molar-refractivity contribution in [1.29, 1.82) is 0 Å². The molecule has 0 aliphatic rings.